The number of likely N-dealkylation sites (tertiary alicyclic amines) is 1. The normalized spacial score (nSPS) is 14.3. The fourth-order valence-electron chi connectivity index (χ4n) is 17.2. The summed E-state index contributed by atoms with van der Waals surface area (Å²) < 4.78 is 0. The molecule has 20 amide bonds. The van der Waals surface area contributed by atoms with Crippen LogP contribution in [0.3, 0.4) is 0 Å². The van der Waals surface area contributed by atoms with Gasteiger partial charge in [-0.05, 0) is 167 Å². The molecule has 146 heavy (non-hydrogen) atoms. The van der Waals surface area contributed by atoms with Crippen LogP contribution in [0.1, 0.15) is 377 Å². The number of nitrogens with two attached hydrogens (primary N) is 1. The molecule has 0 aromatic carbocycles. The number of nitrogens with zero attached hydrogens (tertiary/aromatic N) is 2. The second-order valence-corrected chi connectivity index (χ2v) is 38.5. The topological polar surface area (TPSA) is 653 Å². The van der Waals surface area contributed by atoms with E-state index in [0.29, 0.717) is 102 Å². The summed E-state index contributed by atoms with van der Waals surface area (Å²) in [7, 11) is 0. The molecule has 44 heteroatoms. The van der Waals surface area contributed by atoms with Crippen LogP contribution in [0.5, 0.6) is 0 Å². The van der Waals surface area contributed by atoms with Gasteiger partial charge in [0, 0.05) is 132 Å². The third-order valence-corrected chi connectivity index (χ3v) is 25.2. The number of aromatic amines is 1. The zero-order valence-corrected chi connectivity index (χ0v) is 88.7. The van der Waals surface area contributed by atoms with E-state index in [2.05, 4.69) is 120 Å². The van der Waals surface area contributed by atoms with Crippen LogP contribution in [0.2, 0.25) is 0 Å². The molecule has 1 saturated heterocycles. The van der Waals surface area contributed by atoms with Gasteiger partial charge in [0.1, 0.15) is 72.5 Å². The minimum atomic E-state index is -1.65. The van der Waals surface area contributed by atoms with Crippen LogP contribution in [0.15, 0.2) is 12.5 Å². The van der Waals surface area contributed by atoms with E-state index in [1.54, 1.807) is 0 Å². The zero-order valence-electron chi connectivity index (χ0n) is 88.7. The Morgan fingerprint density at radius 1 is 0.301 bits per heavy atom. The minimum absolute atomic E-state index is 0.00445. The van der Waals surface area contributed by atoms with Gasteiger partial charge in [0.25, 0.3) is 0 Å². The molecule has 2 heterocycles. The van der Waals surface area contributed by atoms with E-state index < -0.39 is 186 Å². The number of rotatable bonds is 85. The first-order valence-corrected chi connectivity index (χ1v) is 53.6. The van der Waals surface area contributed by atoms with Crippen LogP contribution in [0, 0.1) is 0 Å². The minimum Gasteiger partial charge on any atom is -0.481 e. The van der Waals surface area contributed by atoms with Crippen molar-refractivity contribution in [3.8, 4) is 0 Å². The number of unbranched alkanes of at least 4 members (excludes halogenated alkanes) is 25. The summed E-state index contributed by atoms with van der Waals surface area (Å²) in [6.45, 7) is 16.1. The molecule has 828 valence electrons. The van der Waals surface area contributed by atoms with E-state index in [0.717, 1.165) is 103 Å². The molecule has 0 aliphatic carbocycles. The Kier molecular flexibility index (Phi) is 70.7. The van der Waals surface area contributed by atoms with Gasteiger partial charge in [-0.1, -0.05) is 142 Å². The SMILES string of the molecule is CCCCCCCCCCCCC(NC(=O)C(CCCCCCCCCCCC)NC(=O)[C@H](CCCCNC(=O)[C@H](CCCCNC(=O)[C@H](CCCCNC(C)=O)NC(C)=O)NC(=O)[C@H](CCCCNC(C)=O)NC(C)=O)NC(=O)[C@H](CCCCNC(=O)[C@H](CCCCNC(C)=O)NC(C)=O)NC(=O)[C@H](CCCCNC(C)=O)NC(C)=O)C(=O)N[C@@H](CCC(=O)O)C(=O)N[C@@H](Cc1cnc[nH]1)C(=O)N1CCC[C@H]1C(N)=O. The molecule has 44 nitrogen and oxygen atoms in total. The van der Waals surface area contributed by atoms with Crippen LogP contribution in [0.25, 0.3) is 0 Å². The zero-order chi connectivity index (χ0) is 108. The highest BCUT2D eigenvalue weighted by Gasteiger charge is 2.40. The molecular formula is C102H178N22O22. The van der Waals surface area contributed by atoms with Crippen LogP contribution < -0.4 is 101 Å². The van der Waals surface area contributed by atoms with Crippen molar-refractivity contribution >= 4 is 124 Å². The molecule has 1 fully saturated rings. The average molecular weight is 2060 g/mol. The van der Waals surface area contributed by atoms with Crippen LogP contribution in [0.4, 0.5) is 0 Å². The molecule has 2 rings (SSSR count). The Bertz CT molecular complexity index is 4140. The molecule has 1 aromatic heterocycles. The van der Waals surface area contributed by atoms with Gasteiger partial charge < -0.3 is 116 Å². The Labute approximate surface area is 862 Å². The number of aromatic nitrogens is 2. The molecule has 12 atom stereocenters. The lowest BCUT2D eigenvalue weighted by Gasteiger charge is -2.29. The summed E-state index contributed by atoms with van der Waals surface area (Å²) in [5, 5.41) is 59.8. The number of carboxylic acids is 1. The second kappa shape index (κ2) is 79.3. The van der Waals surface area contributed by atoms with Crippen molar-refractivity contribution in [2.75, 3.05) is 52.4 Å². The number of hydrogen-bond acceptors (Lipinski definition) is 22. The fraction of sp³-hybridized carbons (Fsp3) is 0.765. The summed E-state index contributed by atoms with van der Waals surface area (Å²) in [6.07, 6.45) is 24.5. The summed E-state index contributed by atoms with van der Waals surface area (Å²) in [6, 6.07) is -15.6. The highest BCUT2D eigenvalue weighted by atomic mass is 16.4. The maximum absolute atomic E-state index is 15.9. The monoisotopic (exact) mass is 2060 g/mol. The second-order valence-electron chi connectivity index (χ2n) is 38.5. The predicted molar refractivity (Wildman–Crippen MR) is 551 cm³/mol. The lowest BCUT2D eigenvalue weighted by Crippen LogP contribution is -2.60. The van der Waals surface area contributed by atoms with Gasteiger partial charge in [-0.15, -0.1) is 0 Å². The van der Waals surface area contributed by atoms with E-state index in [-0.39, 0.29) is 172 Å². The van der Waals surface area contributed by atoms with Gasteiger partial charge in [-0.25, -0.2) is 4.98 Å². The fourth-order valence-corrected chi connectivity index (χ4v) is 17.2. The number of primary amides is 1. The number of hydrogen-bond donors (Lipinski definition) is 21. The number of aliphatic carboxylic acids is 1. The lowest BCUT2D eigenvalue weighted by molar-refractivity contribution is -0.141. The smallest absolute Gasteiger partial charge is 0.303 e. The number of imidazole rings is 1. The molecule has 22 N–H and O–H groups in total. The molecule has 1 aromatic rings. The Balaban J connectivity index is 3.03. The molecule has 0 saturated carbocycles. The van der Waals surface area contributed by atoms with Crippen molar-refractivity contribution in [2.45, 2.75) is 450 Å². The maximum Gasteiger partial charge on any atom is 0.303 e. The van der Waals surface area contributed by atoms with Crippen LogP contribution in [-0.2, 0) is 107 Å². The Morgan fingerprint density at radius 2 is 0.527 bits per heavy atom. The molecule has 0 radical (unpaired) electrons. The number of carbonyl (C=O) groups is 21. The number of H-pyrrole nitrogens is 1. The maximum atomic E-state index is 15.9. The van der Waals surface area contributed by atoms with E-state index in [4.69, 9.17) is 5.73 Å². The summed E-state index contributed by atoms with van der Waals surface area (Å²) in [5.41, 5.74) is 6.16. The Hall–Kier alpha value is -11.9. The molecule has 1 aliphatic heterocycles. The first-order chi connectivity index (χ1) is 69.8. The van der Waals surface area contributed by atoms with Crippen molar-refractivity contribution < 1.29 is 106 Å². The molecule has 2 unspecified atom stereocenters. The lowest BCUT2D eigenvalue weighted by atomic mass is 10.0. The molecular weight excluding hydrogens is 1890 g/mol. The van der Waals surface area contributed by atoms with E-state index in [9.17, 15) is 86.6 Å². The number of nitrogens with one attached hydrogen (secondary N) is 19. The summed E-state index contributed by atoms with van der Waals surface area (Å²) >= 11 is 0. The van der Waals surface area contributed by atoms with Crippen LogP contribution in [-0.4, -0.2) is 269 Å². The van der Waals surface area contributed by atoms with E-state index in [1.165, 1.54) is 72.8 Å². The van der Waals surface area contributed by atoms with Crippen molar-refractivity contribution in [3.63, 3.8) is 0 Å². The first kappa shape index (κ1) is 130. The van der Waals surface area contributed by atoms with Crippen molar-refractivity contribution in [2.24, 2.45) is 5.73 Å². The Morgan fingerprint density at radius 3 is 0.767 bits per heavy atom. The van der Waals surface area contributed by atoms with Crippen LogP contribution >= 0.6 is 0 Å². The number of amides is 20. The highest BCUT2D eigenvalue weighted by molar-refractivity contribution is 5.99. The quantitative estimate of drug-likeness (QED) is 0.0401. The summed E-state index contributed by atoms with van der Waals surface area (Å²) in [5.74, 6) is -13.6. The van der Waals surface area contributed by atoms with Crippen molar-refractivity contribution in [3.05, 3.63) is 18.2 Å². The van der Waals surface area contributed by atoms with Crippen molar-refractivity contribution in [1.82, 2.24) is 111 Å². The number of carbonyl (C=O) groups excluding carboxylic acids is 20. The first-order valence-electron chi connectivity index (χ1n) is 53.6. The molecule has 0 bridgehead atoms. The third kappa shape index (κ3) is 62.8. The van der Waals surface area contributed by atoms with Gasteiger partial charge in [-0.2, -0.15) is 0 Å². The summed E-state index contributed by atoms with van der Waals surface area (Å²) in [4.78, 5) is 293. The third-order valence-electron chi connectivity index (χ3n) is 25.2. The van der Waals surface area contributed by atoms with Crippen molar-refractivity contribution in [1.29, 1.82) is 0 Å². The predicted octanol–water partition coefficient (Wildman–Crippen LogP) is 4.41. The standard InChI is InChI=1S/C102H178N22O22/c1-11-13-15-17-19-21-23-25-27-29-46-83(97(141)120-84(47-30-28-26-24-22-20-18-16-14-12-2)100(144)122-87(56-57-90(133)134)101(145)123-88(66-77-67-104-68-112-77)102(146)124-65-45-55-89(124)91(103)135)119-99(143)86(121-98(142)85(118-96(140)82(116-76(10)132)52-34-41-61-108-72(6)128)53-36-43-63-110-93(137)79(114-74(8)130)49-32-39-59-106-70(4)126)54-37-44-64-111-94(138)80(117-95(139)81(115-75(9)131)51-33-40-60-107-71(5)127)50-35-42-62-109-92(136)78(113-73(7)129)48-31-38-58-105-69(3)125/h67-68,78-89H,11-66H2,1-10H3,(H2,103,135)(H,104,112)(H,105,125)(H,106,126)(H,107,127)(H,108,128)(H,109,136)(H,110,137)(H,111,138)(H,113,129)(H,114,130)(H,115,131)(H,116,132)(H,117,139)(H,118,140)(H,119,143)(H,120,141)(H,121,142)(H,122,144)(H,123,145)(H,133,134)/t78-,79-,80-,81-,82-,83?,84?,85-,86-,87-,88-,89-/m0/s1. The van der Waals surface area contributed by atoms with Gasteiger partial charge in [-0.3, -0.25) is 101 Å². The van der Waals surface area contributed by atoms with Gasteiger partial charge in [0.15, 0.2) is 0 Å². The van der Waals surface area contributed by atoms with E-state index >= 15 is 19.2 Å². The van der Waals surface area contributed by atoms with E-state index in [1.807, 2.05) is 0 Å². The number of carboxylic acid groups (broad SMARTS) is 1. The largest absolute Gasteiger partial charge is 0.481 e. The molecule has 0 spiro atoms. The average Bonchev–Trinajstić information content (AvgIpc) is 1.76. The van der Waals surface area contributed by atoms with Gasteiger partial charge in [0.2, 0.25) is 118 Å². The molecule has 1 aliphatic rings. The van der Waals surface area contributed by atoms with Gasteiger partial charge in [0.05, 0.1) is 6.33 Å². The highest BCUT2D eigenvalue weighted by Crippen LogP contribution is 2.22. The van der Waals surface area contributed by atoms with Gasteiger partial charge >= 0.3 is 5.97 Å².